The van der Waals surface area contributed by atoms with E-state index in [0.717, 1.165) is 0 Å². The minimum Gasteiger partial charge on any atom is -0.446 e. The minimum atomic E-state index is -0.304. The van der Waals surface area contributed by atoms with Crippen molar-refractivity contribution in [3.05, 3.63) is 22.6 Å². The van der Waals surface area contributed by atoms with Crippen LogP contribution in [0, 0.1) is 0 Å². The molecule has 0 bridgehead atoms. The van der Waals surface area contributed by atoms with Gasteiger partial charge in [-0.25, -0.2) is 0 Å². The first-order valence-electron chi connectivity index (χ1n) is 4.42. The number of rotatable bonds is 6. The molecule has 0 radical (unpaired) electrons. The molecule has 4 nitrogen and oxygen atoms in total. The molecular weight excluding hydrogens is 264 g/mol. The SMILES string of the molecule is COCCC(=O)CC(=O)c1ccc(Br)o1. The standard InChI is InChI=1S/C10H11BrO4/c1-14-5-4-7(12)6-8(13)9-2-3-10(11)15-9/h2-3H,4-6H2,1H3. The molecule has 1 rings (SSSR count). The van der Waals surface area contributed by atoms with Gasteiger partial charge in [0.05, 0.1) is 13.0 Å². The molecule has 5 heteroatoms. The lowest BCUT2D eigenvalue weighted by Crippen LogP contribution is -2.09. The van der Waals surface area contributed by atoms with E-state index in [9.17, 15) is 9.59 Å². The zero-order chi connectivity index (χ0) is 11.3. The lowest BCUT2D eigenvalue weighted by atomic mass is 10.1. The van der Waals surface area contributed by atoms with Gasteiger partial charge in [-0.15, -0.1) is 0 Å². The highest BCUT2D eigenvalue weighted by Gasteiger charge is 2.14. The first-order valence-corrected chi connectivity index (χ1v) is 5.22. The average Bonchev–Trinajstić information content (AvgIpc) is 2.61. The van der Waals surface area contributed by atoms with E-state index in [-0.39, 0.29) is 30.2 Å². The molecular formula is C10H11BrO4. The predicted molar refractivity (Wildman–Crippen MR) is 56.9 cm³/mol. The molecule has 0 aliphatic rings. The van der Waals surface area contributed by atoms with Gasteiger partial charge in [0.1, 0.15) is 5.78 Å². The topological polar surface area (TPSA) is 56.5 Å². The van der Waals surface area contributed by atoms with Crippen LogP contribution in [-0.2, 0) is 9.53 Å². The van der Waals surface area contributed by atoms with Crippen molar-refractivity contribution in [1.82, 2.24) is 0 Å². The van der Waals surface area contributed by atoms with Gasteiger partial charge in [-0.2, -0.15) is 0 Å². The van der Waals surface area contributed by atoms with Crippen molar-refractivity contribution < 1.29 is 18.7 Å². The van der Waals surface area contributed by atoms with Gasteiger partial charge in [0, 0.05) is 13.5 Å². The van der Waals surface area contributed by atoms with Gasteiger partial charge in [0.15, 0.2) is 10.4 Å². The molecule has 0 saturated carbocycles. The van der Waals surface area contributed by atoms with Gasteiger partial charge in [-0.1, -0.05) is 0 Å². The largest absolute Gasteiger partial charge is 0.446 e. The average molecular weight is 275 g/mol. The Kier molecular flexibility index (Phi) is 4.71. The Balaban J connectivity index is 2.45. The highest BCUT2D eigenvalue weighted by Crippen LogP contribution is 2.15. The van der Waals surface area contributed by atoms with E-state index in [2.05, 4.69) is 15.9 Å². The number of methoxy groups -OCH3 is 1. The molecule has 0 spiro atoms. The fourth-order valence-corrected chi connectivity index (χ4v) is 1.34. The molecule has 0 aliphatic heterocycles. The van der Waals surface area contributed by atoms with E-state index >= 15 is 0 Å². The van der Waals surface area contributed by atoms with Crippen LogP contribution < -0.4 is 0 Å². The molecule has 0 aliphatic carbocycles. The van der Waals surface area contributed by atoms with Crippen molar-refractivity contribution in [2.45, 2.75) is 12.8 Å². The summed E-state index contributed by atoms with van der Waals surface area (Å²) in [5.41, 5.74) is 0. The molecule has 0 N–H and O–H groups in total. The third-order valence-electron chi connectivity index (χ3n) is 1.79. The third kappa shape index (κ3) is 3.97. The molecule has 0 amide bonds. The Hall–Kier alpha value is -0.940. The highest BCUT2D eigenvalue weighted by atomic mass is 79.9. The second-order valence-corrected chi connectivity index (χ2v) is 3.77. The van der Waals surface area contributed by atoms with Gasteiger partial charge in [0.2, 0.25) is 5.78 Å². The Morgan fingerprint density at radius 2 is 2.20 bits per heavy atom. The summed E-state index contributed by atoms with van der Waals surface area (Å²) in [5, 5.41) is 0. The van der Waals surface area contributed by atoms with E-state index < -0.39 is 0 Å². The molecule has 1 aromatic heterocycles. The fourth-order valence-electron chi connectivity index (χ4n) is 1.03. The third-order valence-corrected chi connectivity index (χ3v) is 2.22. The van der Waals surface area contributed by atoms with Crippen LogP contribution in [0.3, 0.4) is 0 Å². The number of hydrogen-bond acceptors (Lipinski definition) is 4. The van der Waals surface area contributed by atoms with Gasteiger partial charge in [0.25, 0.3) is 0 Å². The summed E-state index contributed by atoms with van der Waals surface area (Å²) < 4.78 is 10.3. The van der Waals surface area contributed by atoms with Crippen LogP contribution in [0.5, 0.6) is 0 Å². The normalized spacial score (nSPS) is 10.3. The lowest BCUT2D eigenvalue weighted by Gasteiger charge is -1.97. The molecule has 82 valence electrons. The zero-order valence-corrected chi connectivity index (χ0v) is 9.87. The number of ether oxygens (including phenoxy) is 1. The van der Waals surface area contributed by atoms with Crippen molar-refractivity contribution in [2.75, 3.05) is 13.7 Å². The van der Waals surface area contributed by atoms with Crippen molar-refractivity contribution in [3.8, 4) is 0 Å². The van der Waals surface area contributed by atoms with E-state index in [1.54, 1.807) is 6.07 Å². The van der Waals surface area contributed by atoms with Crippen molar-refractivity contribution >= 4 is 27.5 Å². The van der Waals surface area contributed by atoms with Crippen LogP contribution in [-0.4, -0.2) is 25.3 Å². The molecule has 15 heavy (non-hydrogen) atoms. The molecule has 0 unspecified atom stereocenters. The van der Waals surface area contributed by atoms with E-state index in [1.807, 2.05) is 0 Å². The number of carbonyl (C=O) groups excluding carboxylic acids is 2. The molecule has 1 aromatic rings. The first-order chi connectivity index (χ1) is 7.13. The maximum absolute atomic E-state index is 11.5. The van der Waals surface area contributed by atoms with E-state index in [1.165, 1.54) is 13.2 Å². The summed E-state index contributed by atoms with van der Waals surface area (Å²) in [4.78, 5) is 22.7. The summed E-state index contributed by atoms with van der Waals surface area (Å²) in [6, 6.07) is 3.16. The van der Waals surface area contributed by atoms with Gasteiger partial charge < -0.3 is 9.15 Å². The summed E-state index contributed by atoms with van der Waals surface area (Å²) in [7, 11) is 1.51. The Bertz CT molecular complexity index is 356. The molecule has 0 aromatic carbocycles. The minimum absolute atomic E-state index is 0.136. The monoisotopic (exact) mass is 274 g/mol. The van der Waals surface area contributed by atoms with Crippen LogP contribution in [0.25, 0.3) is 0 Å². The molecule has 0 atom stereocenters. The van der Waals surface area contributed by atoms with Gasteiger partial charge in [-0.3, -0.25) is 9.59 Å². The van der Waals surface area contributed by atoms with Crippen LogP contribution in [0.2, 0.25) is 0 Å². The zero-order valence-electron chi connectivity index (χ0n) is 8.29. The number of ketones is 2. The van der Waals surface area contributed by atoms with Crippen molar-refractivity contribution in [2.24, 2.45) is 0 Å². The number of Topliss-reactive ketones (excluding diaryl/α,β-unsaturated/α-hetero) is 2. The Morgan fingerprint density at radius 1 is 1.47 bits per heavy atom. The summed E-state index contributed by atoms with van der Waals surface area (Å²) in [6.07, 6.45) is 0.118. The molecule has 0 saturated heterocycles. The van der Waals surface area contributed by atoms with Crippen LogP contribution in [0.1, 0.15) is 23.4 Å². The quantitative estimate of drug-likeness (QED) is 0.590. The molecule has 0 fully saturated rings. The van der Waals surface area contributed by atoms with Crippen molar-refractivity contribution in [3.63, 3.8) is 0 Å². The maximum Gasteiger partial charge on any atom is 0.205 e. The summed E-state index contributed by atoms with van der Waals surface area (Å²) in [6.45, 7) is 0.341. The van der Waals surface area contributed by atoms with Crippen LogP contribution >= 0.6 is 15.9 Å². The smallest absolute Gasteiger partial charge is 0.205 e. The number of hydrogen-bond donors (Lipinski definition) is 0. The Labute approximate surface area is 95.7 Å². The van der Waals surface area contributed by atoms with Crippen LogP contribution in [0.15, 0.2) is 21.2 Å². The predicted octanol–water partition coefficient (Wildman–Crippen LogP) is 2.22. The first kappa shape index (κ1) is 12.1. The fraction of sp³-hybridized carbons (Fsp3) is 0.400. The number of furan rings is 1. The van der Waals surface area contributed by atoms with E-state index in [0.29, 0.717) is 11.3 Å². The summed E-state index contributed by atoms with van der Waals surface area (Å²) >= 11 is 3.08. The second-order valence-electron chi connectivity index (χ2n) is 2.99. The lowest BCUT2D eigenvalue weighted by molar-refractivity contribution is -0.119. The van der Waals surface area contributed by atoms with Crippen molar-refractivity contribution in [1.29, 1.82) is 0 Å². The summed E-state index contributed by atoms with van der Waals surface area (Å²) in [5.74, 6) is -0.246. The maximum atomic E-state index is 11.5. The Morgan fingerprint density at radius 3 is 2.73 bits per heavy atom. The van der Waals surface area contributed by atoms with E-state index in [4.69, 9.17) is 9.15 Å². The second kappa shape index (κ2) is 5.82. The number of halogens is 1. The highest BCUT2D eigenvalue weighted by molar-refractivity contribution is 9.10. The molecule has 1 heterocycles. The van der Waals surface area contributed by atoms with Gasteiger partial charge >= 0.3 is 0 Å². The van der Waals surface area contributed by atoms with Gasteiger partial charge in [-0.05, 0) is 28.1 Å². The van der Waals surface area contributed by atoms with Crippen LogP contribution in [0.4, 0.5) is 0 Å². The number of carbonyl (C=O) groups is 2.